The fourth-order valence-corrected chi connectivity index (χ4v) is 2.01. The Balaban J connectivity index is 2.33. The number of rotatable bonds is 5. The van der Waals surface area contributed by atoms with Crippen LogP contribution < -0.4 is 0 Å². The molecular formula is C13H15BrN2O3. The van der Waals surface area contributed by atoms with Crippen molar-refractivity contribution >= 4 is 21.9 Å². The highest BCUT2D eigenvalue weighted by Gasteiger charge is 2.19. The second kappa shape index (κ2) is 5.61. The molecule has 1 N–H and O–H groups in total. The van der Waals surface area contributed by atoms with E-state index in [1.54, 1.807) is 23.0 Å². The molecule has 0 bridgehead atoms. The van der Waals surface area contributed by atoms with E-state index in [-0.39, 0.29) is 5.56 Å². The maximum atomic E-state index is 11.2. The molecule has 0 fully saturated rings. The molecule has 0 radical (unpaired) electrons. The summed E-state index contributed by atoms with van der Waals surface area (Å²) in [6.07, 6.45) is 2.50. The van der Waals surface area contributed by atoms with Crippen LogP contribution in [0.5, 0.6) is 0 Å². The van der Waals surface area contributed by atoms with Crippen LogP contribution in [0.4, 0.5) is 0 Å². The van der Waals surface area contributed by atoms with Crippen molar-refractivity contribution in [2.75, 3.05) is 0 Å². The second-order valence-corrected chi connectivity index (χ2v) is 5.53. The van der Waals surface area contributed by atoms with Crippen LogP contribution in [0.3, 0.4) is 0 Å². The van der Waals surface area contributed by atoms with Gasteiger partial charge in [0, 0.05) is 12.7 Å². The third-order valence-electron chi connectivity index (χ3n) is 2.73. The fourth-order valence-electron chi connectivity index (χ4n) is 1.71. The monoisotopic (exact) mass is 326 g/mol. The van der Waals surface area contributed by atoms with Crippen molar-refractivity contribution in [2.45, 2.75) is 26.8 Å². The Morgan fingerprint density at radius 3 is 2.79 bits per heavy atom. The van der Waals surface area contributed by atoms with E-state index in [0.717, 1.165) is 6.42 Å². The minimum absolute atomic E-state index is 0.158. The fraction of sp³-hybridized carbons (Fsp3) is 0.385. The van der Waals surface area contributed by atoms with Crippen LogP contribution in [0.2, 0.25) is 0 Å². The van der Waals surface area contributed by atoms with E-state index in [1.807, 2.05) is 0 Å². The summed E-state index contributed by atoms with van der Waals surface area (Å²) in [5.74, 6) is -0.00965. The van der Waals surface area contributed by atoms with Crippen LogP contribution in [0.15, 0.2) is 27.4 Å². The first-order valence-electron chi connectivity index (χ1n) is 6.04. The number of hydrogen-bond donors (Lipinski definition) is 1. The number of carbonyl (C=O) groups is 1. The van der Waals surface area contributed by atoms with Crippen LogP contribution in [-0.2, 0) is 6.54 Å². The molecule has 0 spiro atoms. The highest BCUT2D eigenvalue weighted by atomic mass is 79.9. The van der Waals surface area contributed by atoms with Gasteiger partial charge in [0.15, 0.2) is 10.4 Å². The summed E-state index contributed by atoms with van der Waals surface area (Å²) in [7, 11) is 0. The Morgan fingerprint density at radius 1 is 1.53 bits per heavy atom. The van der Waals surface area contributed by atoms with Crippen molar-refractivity contribution in [1.82, 2.24) is 9.78 Å². The molecule has 5 nitrogen and oxygen atoms in total. The molecular weight excluding hydrogens is 312 g/mol. The first-order valence-corrected chi connectivity index (χ1v) is 6.83. The van der Waals surface area contributed by atoms with Gasteiger partial charge in [0.05, 0.1) is 0 Å². The van der Waals surface area contributed by atoms with Crippen molar-refractivity contribution in [3.05, 3.63) is 28.6 Å². The van der Waals surface area contributed by atoms with Crippen molar-refractivity contribution in [3.8, 4) is 11.5 Å². The molecule has 0 aliphatic heterocycles. The third kappa shape index (κ3) is 3.26. The van der Waals surface area contributed by atoms with Crippen LogP contribution in [-0.4, -0.2) is 20.9 Å². The van der Waals surface area contributed by atoms with Gasteiger partial charge in [0.2, 0.25) is 0 Å². The van der Waals surface area contributed by atoms with E-state index in [4.69, 9.17) is 4.42 Å². The summed E-state index contributed by atoms with van der Waals surface area (Å²) in [6, 6.07) is 3.42. The Morgan fingerprint density at radius 2 is 2.26 bits per heavy atom. The lowest BCUT2D eigenvalue weighted by molar-refractivity contribution is 0.0697. The van der Waals surface area contributed by atoms with Crippen LogP contribution in [0.1, 0.15) is 30.6 Å². The van der Waals surface area contributed by atoms with Gasteiger partial charge in [-0.25, -0.2) is 4.79 Å². The quantitative estimate of drug-likeness (QED) is 0.910. The minimum Gasteiger partial charge on any atom is -0.478 e. The Bertz CT molecular complexity index is 586. The van der Waals surface area contributed by atoms with Crippen molar-refractivity contribution in [2.24, 2.45) is 5.92 Å². The Kier molecular flexibility index (Phi) is 4.09. The van der Waals surface area contributed by atoms with Gasteiger partial charge in [-0.2, -0.15) is 5.10 Å². The number of aromatic carboxylic acids is 1. The van der Waals surface area contributed by atoms with Crippen molar-refractivity contribution in [1.29, 1.82) is 0 Å². The van der Waals surface area contributed by atoms with Gasteiger partial charge < -0.3 is 9.52 Å². The van der Waals surface area contributed by atoms with Gasteiger partial charge in [-0.05, 0) is 40.4 Å². The summed E-state index contributed by atoms with van der Waals surface area (Å²) >= 11 is 3.20. The molecule has 2 heterocycles. The molecule has 0 aliphatic carbocycles. The predicted molar refractivity (Wildman–Crippen MR) is 74.0 cm³/mol. The van der Waals surface area contributed by atoms with E-state index < -0.39 is 5.97 Å². The second-order valence-electron chi connectivity index (χ2n) is 4.75. The molecule has 0 saturated heterocycles. The molecule has 2 rings (SSSR count). The number of aromatic nitrogens is 2. The maximum Gasteiger partial charge on any atom is 0.339 e. The van der Waals surface area contributed by atoms with Gasteiger partial charge >= 0.3 is 5.97 Å². The van der Waals surface area contributed by atoms with Crippen molar-refractivity contribution < 1.29 is 14.3 Å². The average molecular weight is 327 g/mol. The van der Waals surface area contributed by atoms with Gasteiger partial charge in [0.1, 0.15) is 11.3 Å². The highest BCUT2D eigenvalue weighted by Crippen LogP contribution is 2.27. The summed E-state index contributed by atoms with van der Waals surface area (Å²) in [6.45, 7) is 4.93. The number of nitrogens with zero attached hydrogens (tertiary/aromatic N) is 2. The summed E-state index contributed by atoms with van der Waals surface area (Å²) < 4.78 is 7.59. The van der Waals surface area contributed by atoms with Crippen molar-refractivity contribution in [3.63, 3.8) is 0 Å². The van der Waals surface area contributed by atoms with Gasteiger partial charge in [0.25, 0.3) is 0 Å². The molecule has 102 valence electrons. The zero-order chi connectivity index (χ0) is 14.0. The molecule has 0 aliphatic rings. The lowest BCUT2D eigenvalue weighted by atomic mass is 10.1. The largest absolute Gasteiger partial charge is 0.478 e. The maximum absolute atomic E-state index is 11.2. The predicted octanol–water partition coefficient (Wildman–Crippen LogP) is 3.65. The van der Waals surface area contributed by atoms with Crippen LogP contribution in [0, 0.1) is 5.92 Å². The van der Waals surface area contributed by atoms with E-state index >= 15 is 0 Å². The van der Waals surface area contributed by atoms with Crippen LogP contribution in [0.25, 0.3) is 11.5 Å². The summed E-state index contributed by atoms with van der Waals surface area (Å²) in [5.41, 5.74) is 0.521. The highest BCUT2D eigenvalue weighted by molar-refractivity contribution is 9.10. The number of aryl methyl sites for hydroxylation is 1. The SMILES string of the molecule is CC(C)CCn1cc(C(=O)O)c(-c2ccc(Br)o2)n1. The molecule has 2 aromatic rings. The number of halogens is 1. The zero-order valence-corrected chi connectivity index (χ0v) is 12.3. The Hall–Kier alpha value is -1.56. The molecule has 0 amide bonds. The number of hydrogen-bond acceptors (Lipinski definition) is 3. The lowest BCUT2D eigenvalue weighted by Crippen LogP contribution is -2.02. The Labute approximate surface area is 119 Å². The normalized spacial score (nSPS) is 11.2. The minimum atomic E-state index is -1.00. The first kappa shape index (κ1) is 13.9. The van der Waals surface area contributed by atoms with Gasteiger partial charge in [-0.15, -0.1) is 0 Å². The molecule has 19 heavy (non-hydrogen) atoms. The first-order chi connectivity index (χ1) is 8.97. The molecule has 0 unspecified atom stereocenters. The molecule has 2 aromatic heterocycles. The summed E-state index contributed by atoms with van der Waals surface area (Å²) in [5, 5.41) is 13.5. The van der Waals surface area contributed by atoms with Crippen LogP contribution >= 0.6 is 15.9 Å². The lowest BCUT2D eigenvalue weighted by Gasteiger charge is -2.03. The standard InChI is InChI=1S/C13H15BrN2O3/c1-8(2)5-6-16-7-9(13(17)18)12(15-16)10-3-4-11(14)19-10/h3-4,7-8H,5-6H2,1-2H3,(H,17,18). The smallest absolute Gasteiger partial charge is 0.339 e. The van der Waals surface area contributed by atoms with E-state index in [9.17, 15) is 9.90 Å². The van der Waals surface area contributed by atoms with Gasteiger partial charge in [-0.3, -0.25) is 4.68 Å². The molecule has 6 heteroatoms. The number of carboxylic acid groups (broad SMARTS) is 1. The number of furan rings is 1. The van der Waals surface area contributed by atoms with E-state index in [0.29, 0.717) is 28.6 Å². The number of carboxylic acids is 1. The average Bonchev–Trinajstić information content (AvgIpc) is 2.92. The summed E-state index contributed by atoms with van der Waals surface area (Å²) in [4.78, 5) is 11.2. The van der Waals surface area contributed by atoms with E-state index in [2.05, 4.69) is 34.9 Å². The third-order valence-corrected chi connectivity index (χ3v) is 3.16. The van der Waals surface area contributed by atoms with E-state index in [1.165, 1.54) is 0 Å². The molecule has 0 aromatic carbocycles. The van der Waals surface area contributed by atoms with Gasteiger partial charge in [-0.1, -0.05) is 13.8 Å². The molecule has 0 saturated carbocycles. The topological polar surface area (TPSA) is 68.3 Å². The zero-order valence-electron chi connectivity index (χ0n) is 10.8. The molecule has 0 atom stereocenters.